The third kappa shape index (κ3) is 2.49. The van der Waals surface area contributed by atoms with Gasteiger partial charge in [0.1, 0.15) is 0 Å². The molecule has 0 nitrogen and oxygen atoms in total. The number of hydrogen-bond acceptors (Lipinski definition) is 0. The predicted molar refractivity (Wildman–Crippen MR) is 23.9 cm³/mol. The Labute approximate surface area is 50.2 Å². The summed E-state index contributed by atoms with van der Waals surface area (Å²) in [6.07, 6.45) is -3.52. The highest BCUT2D eigenvalue weighted by molar-refractivity contribution is 4.88. The lowest BCUT2D eigenvalue weighted by atomic mass is 10.2. The van der Waals surface area contributed by atoms with Crippen LogP contribution in [-0.4, -0.2) is 5.92 Å². The molecule has 0 aromatic carbocycles. The molecule has 0 aromatic heterocycles. The Morgan fingerprint density at radius 1 is 1.44 bits per heavy atom. The van der Waals surface area contributed by atoms with Crippen LogP contribution in [0.3, 0.4) is 0 Å². The zero-order valence-corrected chi connectivity index (χ0v) is 4.37. The molecule has 9 heavy (non-hydrogen) atoms. The molecule has 0 aliphatic carbocycles. The van der Waals surface area contributed by atoms with Crippen molar-refractivity contribution in [3.8, 4) is 0 Å². The maximum absolute atomic E-state index is 11.6. The van der Waals surface area contributed by atoms with E-state index >= 15 is 0 Å². The van der Waals surface area contributed by atoms with Crippen LogP contribution in [0.4, 0.5) is 17.6 Å². The highest BCUT2D eigenvalue weighted by atomic mass is 19.3. The van der Waals surface area contributed by atoms with Gasteiger partial charge in [-0.05, 0) is 0 Å². The van der Waals surface area contributed by atoms with Crippen LogP contribution >= 0.6 is 0 Å². The van der Waals surface area contributed by atoms with Gasteiger partial charge in [-0.1, -0.05) is 12.7 Å². The molecule has 0 aromatic rings. The molecular formula is C5H4F4. The number of halogens is 4. The summed E-state index contributed by atoms with van der Waals surface area (Å²) in [6.45, 7) is 4.50. The normalized spacial score (nSPS) is 12.1. The van der Waals surface area contributed by atoms with Crippen LogP contribution in [0.1, 0.15) is 6.42 Å². The number of allylic oxidation sites excluding steroid dienone is 1. The molecule has 0 rings (SSSR count). The van der Waals surface area contributed by atoms with Gasteiger partial charge in [0.05, 0.1) is 0 Å². The predicted octanol–water partition coefficient (Wildman–Crippen LogP) is 2.43. The van der Waals surface area contributed by atoms with Gasteiger partial charge >= 0.3 is 12.3 Å². The van der Waals surface area contributed by atoms with E-state index in [1.165, 1.54) is 0 Å². The lowest BCUT2D eigenvalue weighted by Crippen LogP contribution is -2.18. The first-order valence-electron chi connectivity index (χ1n) is 2.10. The Morgan fingerprint density at radius 3 is 2.00 bits per heavy atom. The van der Waals surface area contributed by atoms with Crippen LogP contribution < -0.4 is 0 Å². The summed E-state index contributed by atoms with van der Waals surface area (Å²) in [5.41, 5.74) is 0. The van der Waals surface area contributed by atoms with E-state index in [1.807, 2.05) is 0 Å². The standard InChI is InChI=1S/C5H4F4/c1-2-3-5(8,9)4(6)7/h1-2H,3H2. The Balaban J connectivity index is 3.84. The molecule has 0 atom stereocenters. The molecule has 2 radical (unpaired) electrons. The van der Waals surface area contributed by atoms with Crippen LogP contribution in [0.5, 0.6) is 0 Å². The molecule has 0 amide bonds. The third-order valence-corrected chi connectivity index (χ3v) is 0.651. The first kappa shape index (κ1) is 8.46. The molecule has 0 saturated heterocycles. The van der Waals surface area contributed by atoms with Gasteiger partial charge in [-0.3, -0.25) is 0 Å². The lowest BCUT2D eigenvalue weighted by molar-refractivity contribution is -0.0563. The lowest BCUT2D eigenvalue weighted by Gasteiger charge is -2.09. The average Bonchev–Trinajstić information content (AvgIpc) is 1.65. The van der Waals surface area contributed by atoms with Gasteiger partial charge in [0.15, 0.2) is 0 Å². The second kappa shape index (κ2) is 2.85. The minimum absolute atomic E-state index is 0.499. The summed E-state index contributed by atoms with van der Waals surface area (Å²) in [7, 11) is 0. The molecule has 0 heterocycles. The van der Waals surface area contributed by atoms with Crippen molar-refractivity contribution in [2.45, 2.75) is 12.3 Å². The highest BCUT2D eigenvalue weighted by Gasteiger charge is 2.41. The Kier molecular flexibility index (Phi) is 2.67. The van der Waals surface area contributed by atoms with Crippen LogP contribution in [0.2, 0.25) is 0 Å². The van der Waals surface area contributed by atoms with Gasteiger partial charge in [-0.25, -0.2) is 0 Å². The number of hydrogen-bond donors (Lipinski definition) is 0. The van der Waals surface area contributed by atoms with E-state index in [-0.39, 0.29) is 0 Å². The summed E-state index contributed by atoms with van der Waals surface area (Å²) < 4.78 is 45.5. The van der Waals surface area contributed by atoms with E-state index in [4.69, 9.17) is 0 Å². The van der Waals surface area contributed by atoms with Crippen molar-refractivity contribution in [3.63, 3.8) is 0 Å². The Hall–Kier alpha value is -0.540. The van der Waals surface area contributed by atoms with Crippen molar-refractivity contribution in [3.05, 3.63) is 19.1 Å². The minimum atomic E-state index is -4.05. The summed E-state index contributed by atoms with van der Waals surface area (Å²) in [5, 5.41) is 0. The molecular weight excluding hydrogens is 136 g/mol. The van der Waals surface area contributed by atoms with Gasteiger partial charge in [0, 0.05) is 6.42 Å². The fourth-order valence-corrected chi connectivity index (χ4v) is 0.225. The largest absolute Gasteiger partial charge is 0.378 e. The van der Waals surface area contributed by atoms with Crippen LogP contribution in [0.15, 0.2) is 6.08 Å². The average molecular weight is 140 g/mol. The fraction of sp³-hybridized carbons (Fsp3) is 0.400. The summed E-state index contributed by atoms with van der Waals surface area (Å²) in [6, 6.07) is 0. The van der Waals surface area contributed by atoms with Gasteiger partial charge in [-0.2, -0.15) is 17.6 Å². The first-order chi connectivity index (χ1) is 4.00. The smallest absolute Gasteiger partial charge is 0.199 e. The summed E-state index contributed by atoms with van der Waals surface area (Å²) in [5.74, 6) is -4.05. The first-order valence-corrected chi connectivity index (χ1v) is 2.10. The SMILES string of the molecule is [CH]=CCC(F)(F)[C](F)F. The van der Waals surface area contributed by atoms with E-state index in [1.54, 1.807) is 0 Å². The van der Waals surface area contributed by atoms with E-state index in [0.717, 1.165) is 0 Å². The quantitative estimate of drug-likeness (QED) is 0.528. The molecule has 52 valence electrons. The monoisotopic (exact) mass is 140 g/mol. The molecule has 0 bridgehead atoms. The Morgan fingerprint density at radius 2 is 1.89 bits per heavy atom. The topological polar surface area (TPSA) is 0 Å². The second-order valence-corrected chi connectivity index (χ2v) is 1.40. The number of rotatable bonds is 3. The molecule has 0 unspecified atom stereocenters. The molecule has 0 spiro atoms. The molecule has 0 fully saturated rings. The minimum Gasteiger partial charge on any atom is -0.199 e. The van der Waals surface area contributed by atoms with Crippen LogP contribution in [0.25, 0.3) is 0 Å². The zero-order chi connectivity index (χ0) is 7.49. The van der Waals surface area contributed by atoms with Crippen LogP contribution in [0, 0.1) is 13.0 Å². The van der Waals surface area contributed by atoms with E-state index < -0.39 is 18.8 Å². The van der Waals surface area contributed by atoms with Gasteiger partial charge in [-0.15, -0.1) is 0 Å². The molecule has 4 heteroatoms. The van der Waals surface area contributed by atoms with Gasteiger partial charge in [0.25, 0.3) is 0 Å². The number of alkyl halides is 2. The van der Waals surface area contributed by atoms with Crippen molar-refractivity contribution in [2.24, 2.45) is 0 Å². The maximum atomic E-state index is 11.6. The summed E-state index contributed by atoms with van der Waals surface area (Å²) >= 11 is 0. The fourth-order valence-electron chi connectivity index (χ4n) is 0.225. The van der Waals surface area contributed by atoms with Crippen LogP contribution in [-0.2, 0) is 0 Å². The highest BCUT2D eigenvalue weighted by Crippen LogP contribution is 2.32. The maximum Gasteiger partial charge on any atom is 0.378 e. The van der Waals surface area contributed by atoms with E-state index in [2.05, 4.69) is 6.58 Å². The van der Waals surface area contributed by atoms with Crippen molar-refractivity contribution in [1.82, 2.24) is 0 Å². The van der Waals surface area contributed by atoms with Crippen molar-refractivity contribution in [1.29, 1.82) is 0 Å². The molecule has 0 aliphatic rings. The third-order valence-electron chi connectivity index (χ3n) is 0.651. The van der Waals surface area contributed by atoms with Crippen molar-refractivity contribution >= 4 is 0 Å². The molecule has 0 saturated carbocycles. The summed E-state index contributed by atoms with van der Waals surface area (Å²) in [4.78, 5) is 0. The van der Waals surface area contributed by atoms with E-state index in [9.17, 15) is 17.6 Å². The van der Waals surface area contributed by atoms with Gasteiger partial charge in [0.2, 0.25) is 0 Å². The molecule has 0 N–H and O–H groups in total. The van der Waals surface area contributed by atoms with Crippen molar-refractivity contribution < 1.29 is 17.6 Å². The van der Waals surface area contributed by atoms with E-state index in [0.29, 0.717) is 6.08 Å². The molecule has 0 aliphatic heterocycles. The van der Waals surface area contributed by atoms with Gasteiger partial charge < -0.3 is 0 Å². The zero-order valence-electron chi connectivity index (χ0n) is 4.37. The Bertz CT molecular complexity index is 97.1. The second-order valence-electron chi connectivity index (χ2n) is 1.40. The van der Waals surface area contributed by atoms with Crippen molar-refractivity contribution in [2.75, 3.05) is 0 Å².